The van der Waals surface area contributed by atoms with Gasteiger partial charge in [0.15, 0.2) is 0 Å². The zero-order chi connectivity index (χ0) is 21.1. The van der Waals surface area contributed by atoms with Crippen molar-refractivity contribution in [3.05, 3.63) is 95.0 Å². The van der Waals surface area contributed by atoms with Gasteiger partial charge in [-0.25, -0.2) is 8.42 Å². The Morgan fingerprint density at radius 2 is 1.70 bits per heavy atom. The highest BCUT2D eigenvalue weighted by atomic mass is 35.5. The van der Waals surface area contributed by atoms with E-state index < -0.39 is 9.84 Å². The van der Waals surface area contributed by atoms with Crippen molar-refractivity contribution in [1.29, 1.82) is 0 Å². The molecule has 7 heteroatoms. The highest BCUT2D eigenvalue weighted by Crippen LogP contribution is 2.33. The lowest BCUT2D eigenvalue weighted by Gasteiger charge is -2.08. The molecule has 0 bridgehead atoms. The molecule has 0 saturated heterocycles. The van der Waals surface area contributed by atoms with Gasteiger partial charge in [0.1, 0.15) is 0 Å². The van der Waals surface area contributed by atoms with Crippen molar-refractivity contribution in [2.45, 2.75) is 23.4 Å². The number of aromatic nitrogens is 1. The Hall–Kier alpha value is -3.09. The maximum Gasteiger partial charge on any atom is 0.234 e. The van der Waals surface area contributed by atoms with Crippen molar-refractivity contribution in [3.63, 3.8) is 0 Å². The van der Waals surface area contributed by atoms with Crippen LogP contribution in [0, 0.1) is 6.92 Å². The highest BCUT2D eigenvalue weighted by Gasteiger charge is 2.28. The molecule has 0 fully saturated rings. The fourth-order valence-corrected chi connectivity index (χ4v) is 4.60. The Balaban J connectivity index is 1.78. The minimum absolute atomic E-state index is 0.0790. The smallest absolute Gasteiger partial charge is 0.234 e. The molecular weight excluding hydrogens is 420 g/mol. The summed E-state index contributed by atoms with van der Waals surface area (Å²) < 4.78 is 32.5. The molecule has 0 saturated carbocycles. The van der Waals surface area contributed by atoms with Gasteiger partial charge in [-0.05, 0) is 48.4 Å². The number of oxazole rings is 1. The van der Waals surface area contributed by atoms with Gasteiger partial charge in [-0.3, -0.25) is 0 Å². The lowest BCUT2D eigenvalue weighted by atomic mass is 10.2. The van der Waals surface area contributed by atoms with Crippen LogP contribution in [0.25, 0.3) is 11.5 Å². The van der Waals surface area contributed by atoms with Crippen molar-refractivity contribution in [3.8, 4) is 11.5 Å². The van der Waals surface area contributed by atoms with Crippen molar-refractivity contribution < 1.29 is 12.8 Å². The third-order valence-electron chi connectivity index (χ3n) is 4.57. The molecule has 5 nitrogen and oxygen atoms in total. The minimum atomic E-state index is -3.89. The summed E-state index contributed by atoms with van der Waals surface area (Å²) in [5.74, 6) is 0.304. The van der Waals surface area contributed by atoms with Gasteiger partial charge in [0.25, 0.3) is 0 Å². The third-order valence-corrected chi connectivity index (χ3v) is 6.60. The van der Waals surface area contributed by atoms with Crippen molar-refractivity contribution in [1.82, 2.24) is 4.98 Å². The molecule has 1 heterocycles. The number of hydrogen-bond donors (Lipinski definition) is 1. The predicted molar refractivity (Wildman–Crippen MR) is 117 cm³/mol. The molecular formula is C23H19ClN2O3S. The maximum atomic E-state index is 13.3. The van der Waals surface area contributed by atoms with E-state index in [-0.39, 0.29) is 21.7 Å². The van der Waals surface area contributed by atoms with Crippen LogP contribution in [0.4, 0.5) is 5.88 Å². The number of benzene rings is 3. The predicted octanol–water partition coefficient (Wildman–Crippen LogP) is 5.75. The molecule has 4 aromatic rings. The molecule has 4 rings (SSSR count). The van der Waals surface area contributed by atoms with Crippen LogP contribution in [-0.2, 0) is 16.4 Å². The van der Waals surface area contributed by atoms with E-state index >= 15 is 0 Å². The van der Waals surface area contributed by atoms with Gasteiger partial charge in [-0.2, -0.15) is 4.98 Å². The lowest BCUT2D eigenvalue weighted by molar-refractivity contribution is 0.576. The second-order valence-corrected chi connectivity index (χ2v) is 9.06. The molecule has 30 heavy (non-hydrogen) atoms. The fourth-order valence-electron chi connectivity index (χ4n) is 3.02. The summed E-state index contributed by atoms with van der Waals surface area (Å²) in [7, 11) is -3.89. The standard InChI is InChI=1S/C23H19ClN2O3S/c1-16-8-7-12-19(14-16)30(27,28)23-22(25-15-18-11-5-6-13-20(18)24)29-21(26-23)17-9-3-2-4-10-17/h2-14,25H,15H2,1H3. The molecule has 3 aromatic carbocycles. The summed E-state index contributed by atoms with van der Waals surface area (Å²) >= 11 is 6.23. The number of rotatable bonds is 6. The molecule has 0 radical (unpaired) electrons. The zero-order valence-corrected chi connectivity index (χ0v) is 17.7. The Morgan fingerprint density at radius 1 is 0.967 bits per heavy atom. The van der Waals surface area contributed by atoms with Crippen molar-refractivity contribution >= 4 is 27.3 Å². The van der Waals surface area contributed by atoms with E-state index in [1.54, 1.807) is 24.3 Å². The Labute approximate surface area is 180 Å². The minimum Gasteiger partial charge on any atom is -0.419 e. The molecule has 1 N–H and O–H groups in total. The first-order chi connectivity index (χ1) is 14.4. The van der Waals surface area contributed by atoms with Gasteiger partial charge in [-0.1, -0.05) is 60.1 Å². The Bertz CT molecular complexity index is 1280. The number of nitrogens with zero attached hydrogens (tertiary/aromatic N) is 1. The van der Waals surface area contributed by atoms with Crippen LogP contribution in [0.2, 0.25) is 5.02 Å². The van der Waals surface area contributed by atoms with E-state index in [0.717, 1.165) is 11.1 Å². The van der Waals surface area contributed by atoms with Crippen LogP contribution < -0.4 is 5.32 Å². The van der Waals surface area contributed by atoms with Crippen LogP contribution in [0.15, 0.2) is 93.2 Å². The van der Waals surface area contributed by atoms with E-state index in [2.05, 4.69) is 10.3 Å². The number of nitrogens with one attached hydrogen (secondary N) is 1. The SMILES string of the molecule is Cc1cccc(S(=O)(=O)c2nc(-c3ccccc3)oc2NCc2ccccc2Cl)c1. The monoisotopic (exact) mass is 438 g/mol. The number of sulfone groups is 1. The fraction of sp³-hybridized carbons (Fsp3) is 0.0870. The largest absolute Gasteiger partial charge is 0.419 e. The lowest BCUT2D eigenvalue weighted by Crippen LogP contribution is -2.08. The van der Waals surface area contributed by atoms with Gasteiger partial charge in [0, 0.05) is 17.1 Å². The molecule has 152 valence electrons. The van der Waals surface area contributed by atoms with Crippen LogP contribution in [0.1, 0.15) is 11.1 Å². The molecule has 0 amide bonds. The molecule has 0 aliphatic heterocycles. The second-order valence-electron chi connectivity index (χ2n) is 6.78. The van der Waals surface area contributed by atoms with Crippen LogP contribution >= 0.6 is 11.6 Å². The summed E-state index contributed by atoms with van der Waals surface area (Å²) in [6.07, 6.45) is 0. The molecule has 0 aliphatic rings. The number of aryl methyl sites for hydroxylation is 1. The number of halogens is 1. The number of hydrogen-bond acceptors (Lipinski definition) is 5. The average molecular weight is 439 g/mol. The highest BCUT2D eigenvalue weighted by molar-refractivity contribution is 7.91. The zero-order valence-electron chi connectivity index (χ0n) is 16.2. The maximum absolute atomic E-state index is 13.3. The van der Waals surface area contributed by atoms with E-state index in [0.29, 0.717) is 17.1 Å². The van der Waals surface area contributed by atoms with E-state index in [4.69, 9.17) is 16.0 Å². The molecule has 0 unspecified atom stereocenters. The van der Waals surface area contributed by atoms with Gasteiger partial charge in [0.2, 0.25) is 26.6 Å². The van der Waals surface area contributed by atoms with Crippen LogP contribution in [0.3, 0.4) is 0 Å². The summed E-state index contributed by atoms with van der Waals surface area (Å²) in [4.78, 5) is 4.51. The first kappa shape index (κ1) is 20.2. The van der Waals surface area contributed by atoms with E-state index in [1.807, 2.05) is 61.5 Å². The number of anilines is 1. The van der Waals surface area contributed by atoms with Crippen molar-refractivity contribution in [2.24, 2.45) is 0 Å². The van der Waals surface area contributed by atoms with E-state index in [1.165, 1.54) is 0 Å². The Kier molecular flexibility index (Phi) is 5.61. The molecule has 1 aromatic heterocycles. The summed E-state index contributed by atoms with van der Waals surface area (Å²) in [6.45, 7) is 2.13. The van der Waals surface area contributed by atoms with Gasteiger partial charge >= 0.3 is 0 Å². The first-order valence-corrected chi connectivity index (χ1v) is 11.2. The topological polar surface area (TPSA) is 72.2 Å². The quantitative estimate of drug-likeness (QED) is 0.415. The van der Waals surface area contributed by atoms with Gasteiger partial charge < -0.3 is 9.73 Å². The Morgan fingerprint density at radius 3 is 2.43 bits per heavy atom. The normalized spacial score (nSPS) is 11.4. The van der Waals surface area contributed by atoms with Crippen LogP contribution in [0.5, 0.6) is 0 Å². The van der Waals surface area contributed by atoms with Gasteiger partial charge in [-0.15, -0.1) is 0 Å². The second kappa shape index (κ2) is 8.34. The summed E-state index contributed by atoms with van der Waals surface area (Å²) in [5, 5.41) is 3.48. The summed E-state index contributed by atoms with van der Waals surface area (Å²) in [6, 6.07) is 23.2. The molecule has 0 atom stereocenters. The van der Waals surface area contributed by atoms with Crippen molar-refractivity contribution in [2.75, 3.05) is 5.32 Å². The molecule has 0 spiro atoms. The van der Waals surface area contributed by atoms with E-state index in [9.17, 15) is 8.42 Å². The first-order valence-electron chi connectivity index (χ1n) is 9.30. The van der Waals surface area contributed by atoms with Gasteiger partial charge in [0.05, 0.1) is 4.90 Å². The van der Waals surface area contributed by atoms with Crippen LogP contribution in [-0.4, -0.2) is 13.4 Å². The third kappa shape index (κ3) is 4.10. The molecule has 0 aliphatic carbocycles. The average Bonchev–Trinajstić information content (AvgIpc) is 3.19. The summed E-state index contributed by atoms with van der Waals surface area (Å²) in [5.41, 5.74) is 2.34.